The van der Waals surface area contributed by atoms with Crippen LogP contribution in [0.5, 0.6) is 0 Å². The van der Waals surface area contributed by atoms with Gasteiger partial charge in [-0.25, -0.2) is 0 Å². The van der Waals surface area contributed by atoms with E-state index in [1.165, 1.54) is 6.07 Å². The van der Waals surface area contributed by atoms with Crippen molar-refractivity contribution < 1.29 is 9.66 Å². The van der Waals surface area contributed by atoms with Crippen LogP contribution in [-0.4, -0.2) is 22.2 Å². The molecule has 1 atom stereocenters. The van der Waals surface area contributed by atoms with Crippen molar-refractivity contribution in [3.05, 3.63) is 39.9 Å². The molecule has 0 radical (unpaired) electrons. The smallest absolute Gasteiger partial charge is 0.273 e. The normalized spacial score (nSPS) is 23.7. The van der Waals surface area contributed by atoms with E-state index < -0.39 is 0 Å². The summed E-state index contributed by atoms with van der Waals surface area (Å²) in [5.41, 5.74) is 0.436. The van der Waals surface area contributed by atoms with Crippen LogP contribution in [0.2, 0.25) is 0 Å². The summed E-state index contributed by atoms with van der Waals surface area (Å²) in [7, 11) is 0. The third-order valence-electron chi connectivity index (χ3n) is 3.80. The van der Waals surface area contributed by atoms with Crippen LogP contribution in [0.3, 0.4) is 0 Å². The number of nitrogens with zero attached hydrogens (tertiary/aromatic N) is 1. The Morgan fingerprint density at radius 1 is 1.35 bits per heavy atom. The zero-order valence-electron chi connectivity index (χ0n) is 12.5. The predicted molar refractivity (Wildman–Crippen MR) is 77.6 cm³/mol. The molecule has 1 N–H and O–H groups in total. The van der Waals surface area contributed by atoms with Crippen molar-refractivity contribution in [2.75, 3.05) is 0 Å². The second kappa shape index (κ2) is 5.14. The lowest BCUT2D eigenvalue weighted by atomic mass is 9.94. The van der Waals surface area contributed by atoms with E-state index in [0.29, 0.717) is 12.1 Å². The number of nitrogens with one attached hydrogen (secondary N) is 1. The molecule has 1 fully saturated rings. The number of rotatable bonds is 4. The fourth-order valence-electron chi connectivity index (χ4n) is 2.95. The van der Waals surface area contributed by atoms with Crippen molar-refractivity contribution in [3.63, 3.8) is 0 Å². The van der Waals surface area contributed by atoms with Crippen LogP contribution >= 0.6 is 0 Å². The number of benzene rings is 1. The predicted octanol–water partition coefficient (Wildman–Crippen LogP) is 3.03. The Bertz CT molecular complexity index is 512. The maximum atomic E-state index is 11.0. The lowest BCUT2D eigenvalue weighted by Gasteiger charge is -2.27. The first-order valence-corrected chi connectivity index (χ1v) is 6.87. The molecule has 2 rings (SSSR count). The maximum absolute atomic E-state index is 11.0. The fourth-order valence-corrected chi connectivity index (χ4v) is 2.95. The van der Waals surface area contributed by atoms with Crippen LogP contribution in [0, 0.1) is 10.1 Å². The average Bonchev–Trinajstić information content (AvgIpc) is 2.54. The van der Waals surface area contributed by atoms with Gasteiger partial charge in [-0.1, -0.05) is 18.2 Å². The Morgan fingerprint density at radius 2 is 2.00 bits per heavy atom. The average molecular weight is 278 g/mol. The summed E-state index contributed by atoms with van der Waals surface area (Å²) in [4.78, 5) is 10.7. The topological polar surface area (TPSA) is 64.4 Å². The van der Waals surface area contributed by atoms with E-state index in [9.17, 15) is 10.1 Å². The highest BCUT2D eigenvalue weighted by Crippen LogP contribution is 2.37. The number of nitro groups is 1. The van der Waals surface area contributed by atoms with E-state index in [2.05, 4.69) is 33.0 Å². The van der Waals surface area contributed by atoms with Gasteiger partial charge in [0.2, 0.25) is 0 Å². The lowest BCUT2D eigenvalue weighted by molar-refractivity contribution is -0.385. The molecule has 1 aromatic carbocycles. The van der Waals surface area contributed by atoms with Crippen molar-refractivity contribution in [2.24, 2.45) is 0 Å². The largest absolute Gasteiger partial charge is 0.368 e. The van der Waals surface area contributed by atoms with E-state index >= 15 is 0 Å². The molecule has 20 heavy (non-hydrogen) atoms. The lowest BCUT2D eigenvalue weighted by Crippen LogP contribution is -2.43. The van der Waals surface area contributed by atoms with Crippen LogP contribution in [0.25, 0.3) is 0 Å². The third kappa shape index (κ3) is 3.16. The molecule has 1 saturated heterocycles. The molecule has 1 heterocycles. The van der Waals surface area contributed by atoms with Crippen molar-refractivity contribution >= 4 is 5.69 Å². The summed E-state index contributed by atoms with van der Waals surface area (Å²) in [6.45, 7) is 8.73. The molecule has 0 aromatic heterocycles. The van der Waals surface area contributed by atoms with Gasteiger partial charge in [0.1, 0.15) is 0 Å². The molecular formula is C15H22N2O3. The molecule has 0 bridgehead atoms. The van der Waals surface area contributed by atoms with E-state index in [-0.39, 0.29) is 27.9 Å². The minimum Gasteiger partial charge on any atom is -0.368 e. The monoisotopic (exact) mass is 278 g/mol. The maximum Gasteiger partial charge on any atom is 0.273 e. The SMILES string of the molecule is CC1(C)CC(NCc2ccccc2[N+](=O)[O-])C(C)(C)O1. The van der Waals surface area contributed by atoms with Gasteiger partial charge in [-0.3, -0.25) is 10.1 Å². The number of ether oxygens (including phenoxy) is 1. The van der Waals surface area contributed by atoms with E-state index in [1.807, 2.05) is 6.07 Å². The molecule has 1 aliphatic rings. The van der Waals surface area contributed by atoms with Crippen LogP contribution in [0.4, 0.5) is 5.69 Å². The summed E-state index contributed by atoms with van der Waals surface area (Å²) in [5.74, 6) is 0. The van der Waals surface area contributed by atoms with Crippen LogP contribution < -0.4 is 5.32 Å². The molecule has 0 amide bonds. The molecule has 5 heteroatoms. The quantitative estimate of drug-likeness (QED) is 0.679. The fraction of sp³-hybridized carbons (Fsp3) is 0.600. The highest BCUT2D eigenvalue weighted by molar-refractivity contribution is 5.39. The molecule has 1 aromatic rings. The van der Waals surface area contributed by atoms with Gasteiger partial charge in [0.15, 0.2) is 0 Å². The Balaban J connectivity index is 2.08. The highest BCUT2D eigenvalue weighted by Gasteiger charge is 2.45. The third-order valence-corrected chi connectivity index (χ3v) is 3.80. The molecule has 0 spiro atoms. The van der Waals surface area contributed by atoms with Crippen LogP contribution in [0.1, 0.15) is 39.7 Å². The Labute approximate surface area is 119 Å². The second-order valence-electron chi connectivity index (χ2n) is 6.49. The van der Waals surface area contributed by atoms with Gasteiger partial charge in [0.05, 0.1) is 16.1 Å². The van der Waals surface area contributed by atoms with Gasteiger partial charge in [0.25, 0.3) is 5.69 Å². The second-order valence-corrected chi connectivity index (χ2v) is 6.49. The first-order valence-electron chi connectivity index (χ1n) is 6.87. The zero-order valence-corrected chi connectivity index (χ0v) is 12.5. The summed E-state index contributed by atoms with van der Waals surface area (Å²) in [6, 6.07) is 7.02. The molecule has 1 unspecified atom stereocenters. The van der Waals surface area contributed by atoms with Gasteiger partial charge >= 0.3 is 0 Å². The highest BCUT2D eigenvalue weighted by atomic mass is 16.6. The van der Waals surface area contributed by atoms with Crippen molar-refractivity contribution in [2.45, 2.75) is 57.9 Å². The van der Waals surface area contributed by atoms with Crippen LogP contribution in [-0.2, 0) is 11.3 Å². The molecule has 0 aliphatic carbocycles. The Kier molecular flexibility index (Phi) is 3.84. The van der Waals surface area contributed by atoms with E-state index in [1.54, 1.807) is 12.1 Å². The Morgan fingerprint density at radius 3 is 2.55 bits per heavy atom. The van der Waals surface area contributed by atoms with Crippen molar-refractivity contribution in [1.82, 2.24) is 5.32 Å². The number of nitro benzene ring substituents is 1. The van der Waals surface area contributed by atoms with Crippen molar-refractivity contribution in [1.29, 1.82) is 0 Å². The minimum atomic E-state index is -0.336. The summed E-state index contributed by atoms with van der Waals surface area (Å²) < 4.78 is 6.02. The molecule has 0 saturated carbocycles. The minimum absolute atomic E-state index is 0.163. The van der Waals surface area contributed by atoms with Gasteiger partial charge in [-0.05, 0) is 34.1 Å². The van der Waals surface area contributed by atoms with E-state index in [4.69, 9.17) is 4.74 Å². The molecular weight excluding hydrogens is 256 g/mol. The summed E-state index contributed by atoms with van der Waals surface area (Å²) in [5, 5.41) is 14.4. The van der Waals surface area contributed by atoms with Gasteiger partial charge in [-0.2, -0.15) is 0 Å². The first-order chi connectivity index (χ1) is 9.21. The van der Waals surface area contributed by atoms with Gasteiger partial charge < -0.3 is 10.1 Å². The summed E-state index contributed by atoms with van der Waals surface area (Å²) in [6.07, 6.45) is 0.890. The standard InChI is InChI=1S/C15H22N2O3/c1-14(2)9-13(15(3,4)20-14)16-10-11-7-5-6-8-12(11)17(18)19/h5-8,13,16H,9-10H2,1-4H3. The Hall–Kier alpha value is -1.46. The summed E-state index contributed by atoms with van der Waals surface area (Å²) >= 11 is 0. The van der Waals surface area contributed by atoms with Crippen LogP contribution in [0.15, 0.2) is 24.3 Å². The first kappa shape index (κ1) is 14.9. The molecule has 110 valence electrons. The number of hydrogen-bond donors (Lipinski definition) is 1. The van der Waals surface area contributed by atoms with Gasteiger partial charge in [-0.15, -0.1) is 0 Å². The van der Waals surface area contributed by atoms with Crippen molar-refractivity contribution in [3.8, 4) is 0 Å². The molecule has 1 aliphatic heterocycles. The zero-order chi connectivity index (χ0) is 15.0. The van der Waals surface area contributed by atoms with Gasteiger partial charge in [0, 0.05) is 24.2 Å². The number of para-hydroxylation sites is 1. The molecule has 5 nitrogen and oxygen atoms in total. The number of hydrogen-bond acceptors (Lipinski definition) is 4. The van der Waals surface area contributed by atoms with E-state index in [0.717, 1.165) is 6.42 Å².